The van der Waals surface area contributed by atoms with E-state index in [2.05, 4.69) is 46.3 Å². The summed E-state index contributed by atoms with van der Waals surface area (Å²) in [5.74, 6) is 0.630. The number of nitrogens with one attached hydrogen (secondary N) is 1. The number of aliphatic imine (C=N–C) groups is 1. The van der Waals surface area contributed by atoms with Gasteiger partial charge in [-0.1, -0.05) is 66.7 Å². The average molecular weight is 500 g/mol. The average Bonchev–Trinajstić information content (AvgIpc) is 3.19. The van der Waals surface area contributed by atoms with E-state index in [9.17, 15) is 9.90 Å². The minimum Gasteiger partial charge on any atom is -0.465 e. The number of nitrogens with zero attached hydrogens (tertiary/aromatic N) is 4. The van der Waals surface area contributed by atoms with Crippen LogP contribution in [0.4, 0.5) is 10.6 Å². The van der Waals surface area contributed by atoms with Crippen LogP contribution in [0.3, 0.4) is 0 Å². The van der Waals surface area contributed by atoms with Gasteiger partial charge in [-0.25, -0.2) is 19.8 Å². The van der Waals surface area contributed by atoms with Crippen LogP contribution in [-0.2, 0) is 12.0 Å². The number of amides is 1. The summed E-state index contributed by atoms with van der Waals surface area (Å²) < 4.78 is 2.14. The second-order valence-corrected chi connectivity index (χ2v) is 9.92. The van der Waals surface area contributed by atoms with Gasteiger partial charge in [0.05, 0.1) is 28.0 Å². The fourth-order valence-electron chi connectivity index (χ4n) is 5.68. The molecular weight excluding hydrogens is 474 g/mol. The molecule has 0 saturated heterocycles. The lowest BCUT2D eigenvalue weighted by atomic mass is 9.71. The number of carboxylic acid groups (broad SMARTS) is 1. The van der Waals surface area contributed by atoms with Crippen LogP contribution in [0.5, 0.6) is 0 Å². The molecule has 3 heterocycles. The SMILES string of the molecule is O=C(O)NC1(c2ccc(-c3nc4c(cc3-c3ccccc3)-n3c(nc5c3=CC=CC5)=CC=N4)cc2)CCC1. The highest BCUT2D eigenvalue weighted by molar-refractivity contribution is 5.94. The number of hydrogen-bond donors (Lipinski definition) is 2. The Kier molecular flexibility index (Phi) is 5.11. The van der Waals surface area contributed by atoms with Crippen molar-refractivity contribution in [1.29, 1.82) is 0 Å². The van der Waals surface area contributed by atoms with Crippen LogP contribution in [-0.4, -0.2) is 31.9 Å². The summed E-state index contributed by atoms with van der Waals surface area (Å²) in [5, 5.41) is 13.2. The molecule has 3 aliphatic rings. The van der Waals surface area contributed by atoms with Gasteiger partial charge in [-0.05, 0) is 48.6 Å². The molecule has 0 atom stereocenters. The molecule has 2 aliphatic carbocycles. The Bertz CT molecular complexity index is 1760. The molecule has 1 fully saturated rings. The van der Waals surface area contributed by atoms with Crippen LogP contribution < -0.4 is 16.1 Å². The van der Waals surface area contributed by atoms with Gasteiger partial charge in [0.25, 0.3) is 0 Å². The van der Waals surface area contributed by atoms with E-state index >= 15 is 0 Å². The number of aromatic nitrogens is 3. The van der Waals surface area contributed by atoms with Gasteiger partial charge in [0.15, 0.2) is 5.82 Å². The summed E-state index contributed by atoms with van der Waals surface area (Å²) in [6.45, 7) is 0. The molecule has 0 spiro atoms. The summed E-state index contributed by atoms with van der Waals surface area (Å²) in [4.78, 5) is 26.1. The van der Waals surface area contributed by atoms with Crippen molar-refractivity contribution in [3.05, 3.63) is 94.9 Å². The smallest absolute Gasteiger partial charge is 0.405 e. The summed E-state index contributed by atoms with van der Waals surface area (Å²) in [5.41, 5.74) is 7.08. The van der Waals surface area contributed by atoms with Gasteiger partial charge in [0.2, 0.25) is 0 Å². The topological polar surface area (TPSA) is 92.4 Å². The zero-order chi connectivity index (χ0) is 25.7. The molecule has 0 bridgehead atoms. The third-order valence-electron chi connectivity index (χ3n) is 7.71. The predicted molar refractivity (Wildman–Crippen MR) is 148 cm³/mol. The fraction of sp³-hybridized carbons (Fsp3) is 0.161. The van der Waals surface area contributed by atoms with E-state index in [1.54, 1.807) is 6.21 Å². The van der Waals surface area contributed by atoms with Crippen LogP contribution in [0.25, 0.3) is 40.2 Å². The van der Waals surface area contributed by atoms with E-state index in [1.807, 2.05) is 48.5 Å². The fourth-order valence-corrected chi connectivity index (χ4v) is 5.68. The highest BCUT2D eigenvalue weighted by Gasteiger charge is 2.40. The van der Waals surface area contributed by atoms with Crippen LogP contribution in [0, 0.1) is 0 Å². The minimum atomic E-state index is -0.990. The Morgan fingerprint density at radius 3 is 2.53 bits per heavy atom. The first kappa shape index (κ1) is 22.4. The van der Waals surface area contributed by atoms with E-state index in [0.29, 0.717) is 5.82 Å². The van der Waals surface area contributed by atoms with Crippen molar-refractivity contribution in [3.8, 4) is 28.1 Å². The van der Waals surface area contributed by atoms with Gasteiger partial charge in [-0.15, -0.1) is 0 Å². The van der Waals surface area contributed by atoms with E-state index in [4.69, 9.17) is 15.0 Å². The summed E-state index contributed by atoms with van der Waals surface area (Å²) in [6.07, 6.45) is 12.4. The van der Waals surface area contributed by atoms with E-state index in [1.165, 1.54) is 0 Å². The van der Waals surface area contributed by atoms with Gasteiger partial charge in [0.1, 0.15) is 5.48 Å². The first-order valence-corrected chi connectivity index (χ1v) is 12.8. The molecule has 1 saturated carbocycles. The number of fused-ring (bicyclic) bond motifs is 5. The predicted octanol–water partition coefficient (Wildman–Crippen LogP) is 4.64. The Hall–Kier alpha value is -4.78. The Labute approximate surface area is 219 Å². The summed E-state index contributed by atoms with van der Waals surface area (Å²) >= 11 is 0. The van der Waals surface area contributed by atoms with Gasteiger partial charge in [-0.3, -0.25) is 4.57 Å². The Morgan fingerprint density at radius 1 is 0.974 bits per heavy atom. The molecule has 2 aromatic carbocycles. The number of benzene rings is 2. The maximum atomic E-state index is 11.4. The van der Waals surface area contributed by atoms with Crippen molar-refractivity contribution in [2.24, 2.45) is 4.99 Å². The van der Waals surface area contributed by atoms with Crippen LogP contribution >= 0.6 is 0 Å². The molecule has 7 heteroatoms. The second kappa shape index (κ2) is 8.66. The van der Waals surface area contributed by atoms with E-state index < -0.39 is 11.6 Å². The second-order valence-electron chi connectivity index (χ2n) is 9.92. The molecule has 1 amide bonds. The number of carbonyl (C=O) groups is 1. The third kappa shape index (κ3) is 3.58. The molecule has 4 aromatic rings. The van der Waals surface area contributed by atoms with Crippen molar-refractivity contribution in [2.75, 3.05) is 0 Å². The largest absolute Gasteiger partial charge is 0.465 e. The number of rotatable bonds is 4. The van der Waals surface area contributed by atoms with Crippen molar-refractivity contribution < 1.29 is 9.90 Å². The minimum absolute atomic E-state index is 0.504. The highest BCUT2D eigenvalue weighted by Crippen LogP contribution is 2.42. The lowest BCUT2D eigenvalue weighted by Gasteiger charge is -2.42. The number of imidazole rings is 1. The van der Waals surface area contributed by atoms with Gasteiger partial charge in [0, 0.05) is 23.8 Å². The monoisotopic (exact) mass is 499 g/mol. The van der Waals surface area contributed by atoms with E-state index in [0.717, 1.165) is 75.8 Å². The molecule has 1 aliphatic heterocycles. The first-order chi connectivity index (χ1) is 18.6. The lowest BCUT2D eigenvalue weighted by molar-refractivity contribution is 0.144. The van der Waals surface area contributed by atoms with Crippen molar-refractivity contribution in [3.63, 3.8) is 0 Å². The Balaban J connectivity index is 1.41. The number of allylic oxidation sites excluding steroid dienone is 2. The summed E-state index contributed by atoms with van der Waals surface area (Å²) in [7, 11) is 0. The first-order valence-electron chi connectivity index (χ1n) is 12.8. The molecule has 2 aromatic heterocycles. The van der Waals surface area contributed by atoms with Crippen LogP contribution in [0.15, 0.2) is 77.8 Å². The number of pyridine rings is 1. The maximum Gasteiger partial charge on any atom is 0.405 e. The Morgan fingerprint density at radius 2 is 1.79 bits per heavy atom. The number of hydrogen-bond acceptors (Lipinski definition) is 4. The van der Waals surface area contributed by atoms with Crippen LogP contribution in [0.1, 0.15) is 30.5 Å². The van der Waals surface area contributed by atoms with Gasteiger partial charge >= 0.3 is 6.09 Å². The third-order valence-corrected chi connectivity index (χ3v) is 7.71. The molecule has 186 valence electrons. The van der Waals surface area contributed by atoms with Crippen molar-refractivity contribution >= 4 is 30.3 Å². The zero-order valence-corrected chi connectivity index (χ0v) is 20.6. The quantitative estimate of drug-likeness (QED) is 0.428. The van der Waals surface area contributed by atoms with Crippen molar-refractivity contribution in [2.45, 2.75) is 31.2 Å². The van der Waals surface area contributed by atoms with Crippen molar-refractivity contribution in [1.82, 2.24) is 19.9 Å². The molecule has 7 rings (SSSR count). The highest BCUT2D eigenvalue weighted by atomic mass is 16.4. The molecule has 0 unspecified atom stereocenters. The van der Waals surface area contributed by atoms with Crippen LogP contribution in [0.2, 0.25) is 0 Å². The maximum absolute atomic E-state index is 11.4. The molecule has 7 nitrogen and oxygen atoms in total. The molecule has 0 radical (unpaired) electrons. The standard InChI is InChI=1S/C31H25N5O2/c37-30(38)35-31(16-6-17-31)22-13-11-21(12-14-22)28-23(20-7-2-1-3-8-20)19-26-29(34-28)32-18-15-27-33-24-9-4-5-10-25(24)36(26)27/h1-5,7-8,10-15,18-19,35H,6,9,16-17H2,(H,37,38). The lowest BCUT2D eigenvalue weighted by Crippen LogP contribution is -2.50. The molecule has 38 heavy (non-hydrogen) atoms. The summed E-state index contributed by atoms with van der Waals surface area (Å²) in [6, 6.07) is 20.5. The molecule has 2 N–H and O–H groups in total. The van der Waals surface area contributed by atoms with Gasteiger partial charge < -0.3 is 10.4 Å². The molecular formula is C31H25N5O2. The van der Waals surface area contributed by atoms with E-state index in [-0.39, 0.29) is 0 Å². The zero-order valence-electron chi connectivity index (χ0n) is 20.6. The van der Waals surface area contributed by atoms with Gasteiger partial charge in [-0.2, -0.15) is 0 Å². The normalized spacial score (nSPS) is 16.1.